The van der Waals surface area contributed by atoms with Gasteiger partial charge in [0.1, 0.15) is 0 Å². The van der Waals surface area contributed by atoms with Gasteiger partial charge >= 0.3 is 0 Å². The van der Waals surface area contributed by atoms with Gasteiger partial charge in [0.25, 0.3) is 0 Å². The molecule has 1 fully saturated rings. The predicted molar refractivity (Wildman–Crippen MR) is 87.1 cm³/mol. The summed E-state index contributed by atoms with van der Waals surface area (Å²) in [4.78, 5) is 14.1. The summed E-state index contributed by atoms with van der Waals surface area (Å²) in [5.41, 5.74) is 2.20. The number of aryl methyl sites for hydroxylation is 1. The van der Waals surface area contributed by atoms with E-state index in [0.29, 0.717) is 32.4 Å². The molecule has 1 saturated heterocycles. The van der Waals surface area contributed by atoms with Crippen LogP contribution in [0.4, 0.5) is 0 Å². The van der Waals surface area contributed by atoms with E-state index in [0.717, 1.165) is 5.56 Å². The summed E-state index contributed by atoms with van der Waals surface area (Å²) < 4.78 is 25.8. The molecule has 5 nitrogen and oxygen atoms in total. The lowest BCUT2D eigenvalue weighted by Crippen LogP contribution is -2.47. The zero-order valence-electron chi connectivity index (χ0n) is 13.2. The van der Waals surface area contributed by atoms with Crippen molar-refractivity contribution in [3.63, 3.8) is 0 Å². The molecule has 0 bridgehead atoms. The highest BCUT2D eigenvalue weighted by Gasteiger charge is 2.25. The van der Waals surface area contributed by atoms with Gasteiger partial charge in [-0.15, -0.1) is 0 Å². The van der Waals surface area contributed by atoms with E-state index in [1.165, 1.54) is 5.56 Å². The van der Waals surface area contributed by atoms with Crippen LogP contribution in [0, 0.1) is 6.92 Å². The van der Waals surface area contributed by atoms with Gasteiger partial charge in [-0.1, -0.05) is 29.8 Å². The number of hydrogen-bond donors (Lipinski definition) is 1. The number of piperidine rings is 1. The minimum Gasteiger partial charge on any atom is -0.342 e. The average molecular weight is 324 g/mol. The van der Waals surface area contributed by atoms with Gasteiger partial charge in [0, 0.05) is 19.1 Å². The number of hydrogen-bond acceptors (Lipinski definition) is 3. The zero-order chi connectivity index (χ0) is 16.2. The standard InChI is InChI=1S/C16H24N2O3S/c1-3-22(20,21)17-15-8-10-18(11-9-15)16(19)12-14-6-4-13(2)5-7-14/h4-7,15,17H,3,8-12H2,1-2H3. The summed E-state index contributed by atoms with van der Waals surface area (Å²) >= 11 is 0. The fourth-order valence-corrected chi connectivity index (χ4v) is 3.49. The molecule has 0 spiro atoms. The molecule has 0 aliphatic carbocycles. The fraction of sp³-hybridized carbons (Fsp3) is 0.562. The van der Waals surface area contributed by atoms with E-state index in [9.17, 15) is 13.2 Å². The summed E-state index contributed by atoms with van der Waals surface area (Å²) in [6, 6.07) is 7.93. The van der Waals surface area contributed by atoms with Crippen molar-refractivity contribution in [2.45, 2.75) is 39.2 Å². The van der Waals surface area contributed by atoms with E-state index < -0.39 is 10.0 Å². The molecule has 0 aromatic heterocycles. The number of sulfonamides is 1. The smallest absolute Gasteiger partial charge is 0.226 e. The number of rotatable bonds is 5. The van der Waals surface area contributed by atoms with Gasteiger partial charge < -0.3 is 4.90 Å². The Morgan fingerprint density at radius 1 is 1.23 bits per heavy atom. The number of benzene rings is 1. The van der Waals surface area contributed by atoms with Crippen molar-refractivity contribution in [2.75, 3.05) is 18.8 Å². The predicted octanol–water partition coefficient (Wildman–Crippen LogP) is 1.47. The van der Waals surface area contributed by atoms with E-state index >= 15 is 0 Å². The molecular weight excluding hydrogens is 300 g/mol. The van der Waals surface area contributed by atoms with Gasteiger partial charge in [-0.3, -0.25) is 4.79 Å². The summed E-state index contributed by atoms with van der Waals surface area (Å²) in [6.07, 6.45) is 1.77. The van der Waals surface area contributed by atoms with Crippen molar-refractivity contribution in [1.29, 1.82) is 0 Å². The lowest BCUT2D eigenvalue weighted by molar-refractivity contribution is -0.131. The fourth-order valence-electron chi connectivity index (χ4n) is 2.58. The summed E-state index contributed by atoms with van der Waals surface area (Å²) in [6.45, 7) is 4.87. The number of nitrogens with zero attached hydrogens (tertiary/aromatic N) is 1. The Bertz CT molecular complexity index is 603. The highest BCUT2D eigenvalue weighted by atomic mass is 32.2. The first kappa shape index (κ1) is 17.0. The van der Waals surface area contributed by atoms with Gasteiger partial charge in [-0.05, 0) is 32.3 Å². The van der Waals surface area contributed by atoms with Crippen LogP contribution in [0.15, 0.2) is 24.3 Å². The number of nitrogens with one attached hydrogen (secondary N) is 1. The molecular formula is C16H24N2O3S. The van der Waals surface area contributed by atoms with Crippen LogP contribution in [-0.2, 0) is 21.2 Å². The SMILES string of the molecule is CCS(=O)(=O)NC1CCN(C(=O)Cc2ccc(C)cc2)CC1. The minimum atomic E-state index is -3.16. The Morgan fingerprint density at radius 3 is 2.36 bits per heavy atom. The summed E-state index contributed by atoms with van der Waals surface area (Å²) in [5, 5.41) is 0. The molecule has 0 radical (unpaired) electrons. The van der Waals surface area contributed by atoms with Gasteiger partial charge in [0.2, 0.25) is 15.9 Å². The molecule has 1 aromatic carbocycles. The van der Waals surface area contributed by atoms with Crippen LogP contribution < -0.4 is 4.72 Å². The van der Waals surface area contributed by atoms with Crippen LogP contribution >= 0.6 is 0 Å². The highest BCUT2D eigenvalue weighted by Crippen LogP contribution is 2.14. The Labute approximate surface area is 132 Å². The van der Waals surface area contributed by atoms with Crippen LogP contribution in [0.3, 0.4) is 0 Å². The number of carbonyl (C=O) groups excluding carboxylic acids is 1. The molecule has 22 heavy (non-hydrogen) atoms. The topological polar surface area (TPSA) is 66.5 Å². The van der Waals surface area contributed by atoms with Crippen LogP contribution in [-0.4, -0.2) is 44.1 Å². The molecule has 1 aromatic rings. The number of likely N-dealkylation sites (tertiary alicyclic amines) is 1. The molecule has 0 atom stereocenters. The molecule has 122 valence electrons. The molecule has 1 aliphatic rings. The lowest BCUT2D eigenvalue weighted by atomic mass is 10.0. The van der Waals surface area contributed by atoms with Crippen molar-refractivity contribution >= 4 is 15.9 Å². The molecule has 6 heteroatoms. The van der Waals surface area contributed by atoms with E-state index in [4.69, 9.17) is 0 Å². The second-order valence-corrected chi connectivity index (χ2v) is 7.88. The van der Waals surface area contributed by atoms with Gasteiger partial charge in [0.05, 0.1) is 12.2 Å². The number of amides is 1. The molecule has 0 unspecified atom stereocenters. The van der Waals surface area contributed by atoms with Crippen molar-refractivity contribution in [2.24, 2.45) is 0 Å². The quantitative estimate of drug-likeness (QED) is 0.892. The second kappa shape index (κ2) is 7.24. The highest BCUT2D eigenvalue weighted by molar-refractivity contribution is 7.89. The molecule has 1 N–H and O–H groups in total. The van der Waals surface area contributed by atoms with Gasteiger partial charge in [-0.2, -0.15) is 0 Å². The van der Waals surface area contributed by atoms with E-state index in [-0.39, 0.29) is 17.7 Å². The zero-order valence-corrected chi connectivity index (χ0v) is 14.0. The molecule has 0 saturated carbocycles. The maximum atomic E-state index is 12.3. The van der Waals surface area contributed by atoms with Crippen molar-refractivity contribution in [3.8, 4) is 0 Å². The van der Waals surface area contributed by atoms with Crippen LogP contribution in [0.2, 0.25) is 0 Å². The van der Waals surface area contributed by atoms with Crippen molar-refractivity contribution in [1.82, 2.24) is 9.62 Å². The van der Waals surface area contributed by atoms with E-state index in [1.807, 2.05) is 36.1 Å². The van der Waals surface area contributed by atoms with Crippen LogP contribution in [0.25, 0.3) is 0 Å². The minimum absolute atomic E-state index is 0.0478. The first-order valence-electron chi connectivity index (χ1n) is 7.73. The lowest BCUT2D eigenvalue weighted by Gasteiger charge is -2.32. The normalized spacial score (nSPS) is 16.7. The van der Waals surface area contributed by atoms with E-state index in [2.05, 4.69) is 4.72 Å². The Balaban J connectivity index is 1.83. The molecule has 2 rings (SSSR count). The Kier molecular flexibility index (Phi) is 5.58. The Hall–Kier alpha value is -1.40. The molecule has 1 amide bonds. The average Bonchev–Trinajstić information content (AvgIpc) is 2.50. The molecule has 1 aliphatic heterocycles. The maximum Gasteiger partial charge on any atom is 0.226 e. The summed E-state index contributed by atoms with van der Waals surface area (Å²) in [7, 11) is -3.16. The second-order valence-electron chi connectivity index (χ2n) is 5.84. The van der Waals surface area contributed by atoms with Crippen molar-refractivity contribution in [3.05, 3.63) is 35.4 Å². The Morgan fingerprint density at radius 2 is 1.82 bits per heavy atom. The number of carbonyl (C=O) groups is 1. The molecule has 1 heterocycles. The van der Waals surface area contributed by atoms with Crippen LogP contribution in [0.1, 0.15) is 30.9 Å². The maximum absolute atomic E-state index is 12.3. The third-order valence-corrected chi connectivity index (χ3v) is 5.50. The van der Waals surface area contributed by atoms with Crippen LogP contribution in [0.5, 0.6) is 0 Å². The first-order valence-corrected chi connectivity index (χ1v) is 9.38. The third kappa shape index (κ3) is 4.81. The summed E-state index contributed by atoms with van der Waals surface area (Å²) in [5.74, 6) is 0.209. The van der Waals surface area contributed by atoms with Crippen molar-refractivity contribution < 1.29 is 13.2 Å². The van der Waals surface area contributed by atoms with Gasteiger partial charge in [0.15, 0.2) is 0 Å². The van der Waals surface area contributed by atoms with E-state index in [1.54, 1.807) is 6.92 Å². The first-order chi connectivity index (χ1) is 10.4. The third-order valence-electron chi connectivity index (χ3n) is 4.05. The van der Waals surface area contributed by atoms with Gasteiger partial charge in [-0.25, -0.2) is 13.1 Å². The monoisotopic (exact) mass is 324 g/mol. The largest absolute Gasteiger partial charge is 0.342 e.